The van der Waals surface area contributed by atoms with Gasteiger partial charge in [-0.05, 0) is 54.3 Å². The summed E-state index contributed by atoms with van der Waals surface area (Å²) in [5, 5.41) is 13.5. The first kappa shape index (κ1) is 26.2. The average molecular weight is 542 g/mol. The van der Waals surface area contributed by atoms with Crippen molar-refractivity contribution in [3.63, 3.8) is 0 Å². The largest absolute Gasteiger partial charge is 0.392 e. The van der Waals surface area contributed by atoms with Gasteiger partial charge in [0.25, 0.3) is 5.91 Å². The van der Waals surface area contributed by atoms with Crippen LogP contribution in [0.2, 0.25) is 0 Å². The maximum Gasteiger partial charge on any atom is 0.252 e. The maximum absolute atomic E-state index is 12.5. The van der Waals surface area contributed by atoms with E-state index in [0.29, 0.717) is 29.2 Å². The van der Waals surface area contributed by atoms with Gasteiger partial charge in [0.2, 0.25) is 0 Å². The number of carbonyl (C=O) groups excluding carboxylic acids is 1. The van der Waals surface area contributed by atoms with Crippen molar-refractivity contribution in [2.45, 2.75) is 32.4 Å². The lowest BCUT2D eigenvalue weighted by Gasteiger charge is -2.28. The molecule has 10 heteroatoms. The Morgan fingerprint density at radius 1 is 1.18 bits per heavy atom. The van der Waals surface area contributed by atoms with Gasteiger partial charge in [-0.3, -0.25) is 9.69 Å². The number of ether oxygens (including phenoxy) is 1. The number of hydrogen-bond donors (Lipinski definition) is 4. The Kier molecular flexibility index (Phi) is 7.38. The predicted octanol–water partition coefficient (Wildman–Crippen LogP) is 3.43. The molecule has 0 spiro atoms. The summed E-state index contributed by atoms with van der Waals surface area (Å²) in [6, 6.07) is 14.4. The number of nitrogens with one attached hydrogen (secondary N) is 2. The van der Waals surface area contributed by atoms with E-state index in [0.717, 1.165) is 74.7 Å². The molecule has 40 heavy (non-hydrogen) atoms. The molecule has 0 aliphatic carbocycles. The van der Waals surface area contributed by atoms with Crippen molar-refractivity contribution in [1.29, 1.82) is 0 Å². The van der Waals surface area contributed by atoms with Crippen molar-refractivity contribution in [2.24, 2.45) is 5.73 Å². The molecule has 2 aromatic heterocycles. The van der Waals surface area contributed by atoms with Crippen molar-refractivity contribution in [3.8, 4) is 11.4 Å². The van der Waals surface area contributed by atoms with Gasteiger partial charge >= 0.3 is 0 Å². The topological polar surface area (TPSA) is 133 Å². The fraction of sp³-hybridized carbons (Fsp3) is 0.367. The van der Waals surface area contributed by atoms with E-state index >= 15 is 0 Å². The van der Waals surface area contributed by atoms with E-state index in [1.807, 2.05) is 24.3 Å². The van der Waals surface area contributed by atoms with Gasteiger partial charge in [-0.25, -0.2) is 9.97 Å². The van der Waals surface area contributed by atoms with Crippen LogP contribution in [-0.2, 0) is 17.7 Å². The SMILES string of the molecule is CCc1c(CN2CCC(O)C2)cccc1Nc1c(C(N)=O)cnc2[nH]c(-c3ccc(N4CCOCC4)cc3)nc12. The Hall–Kier alpha value is -3.99. The van der Waals surface area contributed by atoms with Crippen LogP contribution in [0.5, 0.6) is 0 Å². The van der Waals surface area contributed by atoms with Crippen LogP contribution in [-0.4, -0.2) is 76.4 Å². The number of H-pyrrole nitrogens is 1. The minimum absolute atomic E-state index is 0.265. The van der Waals surface area contributed by atoms with Crippen molar-refractivity contribution in [2.75, 3.05) is 49.6 Å². The quantitative estimate of drug-likeness (QED) is 0.267. The molecule has 2 saturated heterocycles. The van der Waals surface area contributed by atoms with Gasteiger partial charge in [0, 0.05) is 55.9 Å². The number of amides is 1. The molecular formula is C30H35N7O3. The zero-order valence-electron chi connectivity index (χ0n) is 22.7. The highest BCUT2D eigenvalue weighted by Crippen LogP contribution is 2.33. The monoisotopic (exact) mass is 541 g/mol. The zero-order chi connectivity index (χ0) is 27.6. The Bertz CT molecular complexity index is 1510. The van der Waals surface area contributed by atoms with Gasteiger partial charge in [-0.1, -0.05) is 19.1 Å². The number of rotatable bonds is 8. The first-order valence-corrected chi connectivity index (χ1v) is 13.9. The highest BCUT2D eigenvalue weighted by atomic mass is 16.5. The van der Waals surface area contributed by atoms with Crippen LogP contribution in [0.25, 0.3) is 22.6 Å². The molecule has 1 unspecified atom stereocenters. The van der Waals surface area contributed by atoms with Gasteiger partial charge < -0.3 is 30.8 Å². The van der Waals surface area contributed by atoms with E-state index in [-0.39, 0.29) is 11.7 Å². The number of hydrogen-bond acceptors (Lipinski definition) is 8. The molecule has 2 fully saturated rings. The van der Waals surface area contributed by atoms with E-state index in [9.17, 15) is 9.90 Å². The average Bonchev–Trinajstić information content (AvgIpc) is 3.60. The van der Waals surface area contributed by atoms with Crippen LogP contribution in [0.3, 0.4) is 0 Å². The molecule has 208 valence electrons. The fourth-order valence-corrected chi connectivity index (χ4v) is 5.70. The summed E-state index contributed by atoms with van der Waals surface area (Å²) in [4.78, 5) is 29.7. The van der Waals surface area contributed by atoms with Gasteiger partial charge in [0.15, 0.2) is 5.65 Å². The number of β-amino-alcohol motifs (C(OH)–C–C–N with tert-alkyl or cyclic N) is 1. The van der Waals surface area contributed by atoms with Gasteiger partial charge in [-0.15, -0.1) is 0 Å². The zero-order valence-corrected chi connectivity index (χ0v) is 22.7. The smallest absolute Gasteiger partial charge is 0.252 e. The number of likely N-dealkylation sites (tertiary alicyclic amines) is 1. The lowest BCUT2D eigenvalue weighted by Crippen LogP contribution is -2.36. The highest BCUT2D eigenvalue weighted by Gasteiger charge is 2.23. The Labute approximate surface area is 233 Å². The Morgan fingerprint density at radius 2 is 1.98 bits per heavy atom. The van der Waals surface area contributed by atoms with Crippen LogP contribution in [0, 0.1) is 0 Å². The molecule has 5 N–H and O–H groups in total. The van der Waals surface area contributed by atoms with Crippen molar-refractivity contribution in [1.82, 2.24) is 19.9 Å². The third-order valence-corrected chi connectivity index (χ3v) is 7.82. The number of nitrogens with two attached hydrogens (primary N) is 1. The van der Waals surface area contributed by atoms with Crippen LogP contribution in [0.15, 0.2) is 48.7 Å². The molecule has 6 rings (SSSR count). The molecule has 2 aliphatic heterocycles. The number of anilines is 3. The molecule has 1 amide bonds. The first-order chi connectivity index (χ1) is 19.5. The number of carbonyl (C=O) groups is 1. The highest BCUT2D eigenvalue weighted by molar-refractivity contribution is 6.06. The minimum atomic E-state index is -0.573. The molecular weight excluding hydrogens is 506 g/mol. The maximum atomic E-state index is 12.5. The Balaban J connectivity index is 1.34. The van der Waals surface area contributed by atoms with Crippen LogP contribution in [0.4, 0.5) is 17.1 Å². The normalized spacial score (nSPS) is 17.9. The number of fused-ring (bicyclic) bond motifs is 1. The second-order valence-electron chi connectivity index (χ2n) is 10.4. The molecule has 2 aromatic carbocycles. The minimum Gasteiger partial charge on any atom is -0.392 e. The lowest BCUT2D eigenvalue weighted by atomic mass is 10.0. The lowest BCUT2D eigenvalue weighted by molar-refractivity contribution is 0.100. The third-order valence-electron chi connectivity index (χ3n) is 7.82. The second-order valence-corrected chi connectivity index (χ2v) is 10.4. The summed E-state index contributed by atoms with van der Waals surface area (Å²) in [5.74, 6) is 0.0920. The van der Waals surface area contributed by atoms with Gasteiger partial charge in [0.1, 0.15) is 11.3 Å². The van der Waals surface area contributed by atoms with Crippen molar-refractivity contribution >= 4 is 34.1 Å². The van der Waals surface area contributed by atoms with E-state index in [4.69, 9.17) is 15.5 Å². The number of aromatic nitrogens is 3. The third kappa shape index (κ3) is 5.25. The number of morpholine rings is 1. The number of nitrogens with zero attached hydrogens (tertiary/aromatic N) is 4. The fourth-order valence-electron chi connectivity index (χ4n) is 5.70. The number of benzene rings is 2. The van der Waals surface area contributed by atoms with Crippen LogP contribution in [0.1, 0.15) is 34.8 Å². The summed E-state index contributed by atoms with van der Waals surface area (Å²) < 4.78 is 5.47. The number of aromatic amines is 1. The molecule has 2 aliphatic rings. The first-order valence-electron chi connectivity index (χ1n) is 13.9. The summed E-state index contributed by atoms with van der Waals surface area (Å²) in [6.07, 6.45) is 2.83. The van der Waals surface area contributed by atoms with Gasteiger partial charge in [-0.2, -0.15) is 0 Å². The summed E-state index contributed by atoms with van der Waals surface area (Å²) in [6.45, 7) is 7.66. The molecule has 4 aromatic rings. The van der Waals surface area contributed by atoms with Crippen LogP contribution < -0.4 is 16.0 Å². The number of pyridine rings is 1. The predicted molar refractivity (Wildman–Crippen MR) is 156 cm³/mol. The van der Waals surface area contributed by atoms with E-state index in [2.05, 4.69) is 50.2 Å². The second kappa shape index (κ2) is 11.2. The van der Waals surface area contributed by atoms with Crippen LogP contribution >= 0.6 is 0 Å². The summed E-state index contributed by atoms with van der Waals surface area (Å²) >= 11 is 0. The number of aliphatic hydroxyl groups is 1. The standard InChI is InChI=1S/C30H35N7O3/c1-2-23-20(17-36-11-10-22(38)18-36)4-3-5-25(23)33-26-24(28(31)39)16-32-30-27(26)34-29(35-30)19-6-8-21(9-7-19)37-12-14-40-15-13-37/h3-9,16,22,38H,2,10-15,17-18H2,1H3,(H2,31,39)(H2,32,33,34,35). The summed E-state index contributed by atoms with van der Waals surface area (Å²) in [5.41, 5.74) is 13.0. The molecule has 0 radical (unpaired) electrons. The number of aliphatic hydroxyl groups excluding tert-OH is 1. The molecule has 10 nitrogen and oxygen atoms in total. The molecule has 4 heterocycles. The summed E-state index contributed by atoms with van der Waals surface area (Å²) in [7, 11) is 0. The Morgan fingerprint density at radius 3 is 2.67 bits per heavy atom. The van der Waals surface area contributed by atoms with Crippen molar-refractivity contribution < 1.29 is 14.6 Å². The molecule has 1 atom stereocenters. The molecule has 0 bridgehead atoms. The molecule has 0 saturated carbocycles. The number of imidazole rings is 1. The van der Waals surface area contributed by atoms with E-state index in [1.54, 1.807) is 0 Å². The van der Waals surface area contributed by atoms with E-state index in [1.165, 1.54) is 11.8 Å². The van der Waals surface area contributed by atoms with Crippen molar-refractivity contribution in [3.05, 3.63) is 65.4 Å². The number of primary amides is 1. The van der Waals surface area contributed by atoms with E-state index < -0.39 is 5.91 Å². The van der Waals surface area contributed by atoms with Gasteiger partial charge in [0.05, 0.1) is 30.6 Å².